The standard InChI is InChI=1S/C43H62N2O7Si2/c1-25(2)42(12,13)33-20-19-32(28(6)29(33)7)39(47)45(52-54)34-24-44(40(48)50-41(9,10)11)22-16-17-35(34)49-36(46)21-18-31-23-27(5)37(30(8)38(31)51-53)43(14,15)26(3)4/h18-21,23,25-26,34-35H,16-17,22,24H2,1-15H3/t34-,35-/m1/s1. The van der Waals surface area contributed by atoms with Crippen molar-refractivity contribution in [1.29, 1.82) is 0 Å². The molecule has 1 saturated heterocycles. The highest BCUT2D eigenvalue weighted by Gasteiger charge is 2.40. The molecule has 0 saturated carbocycles. The highest BCUT2D eigenvalue weighted by molar-refractivity contribution is 6.01. The quantitative estimate of drug-likeness (QED) is 0.0976. The van der Waals surface area contributed by atoms with Gasteiger partial charge in [0.25, 0.3) is 16.4 Å². The number of hydroxylamine groups is 2. The van der Waals surface area contributed by atoms with Crippen molar-refractivity contribution < 1.29 is 32.8 Å². The number of hydrogen-bond acceptors (Lipinski definition) is 7. The van der Waals surface area contributed by atoms with Crippen molar-refractivity contribution in [1.82, 2.24) is 9.96 Å². The minimum absolute atomic E-state index is 0.0100. The van der Waals surface area contributed by atoms with E-state index in [0.29, 0.717) is 48.1 Å². The minimum Gasteiger partial charge on any atom is -0.540 e. The van der Waals surface area contributed by atoms with Crippen LogP contribution in [0.15, 0.2) is 24.3 Å². The lowest BCUT2D eigenvalue weighted by atomic mass is 9.71. The van der Waals surface area contributed by atoms with E-state index in [1.165, 1.54) is 22.3 Å². The van der Waals surface area contributed by atoms with E-state index in [0.717, 1.165) is 22.3 Å². The maximum atomic E-state index is 14.4. The third-order valence-corrected chi connectivity index (χ3v) is 12.2. The summed E-state index contributed by atoms with van der Waals surface area (Å²) in [6.45, 7) is 31.5. The Morgan fingerprint density at radius 3 is 2.04 bits per heavy atom. The topological polar surface area (TPSA) is 94.6 Å². The van der Waals surface area contributed by atoms with Gasteiger partial charge in [-0.15, -0.1) is 0 Å². The van der Waals surface area contributed by atoms with Crippen molar-refractivity contribution in [2.45, 2.75) is 145 Å². The van der Waals surface area contributed by atoms with Crippen molar-refractivity contribution in [2.24, 2.45) is 11.8 Å². The minimum atomic E-state index is -0.878. The number of likely N-dealkylation sites (tertiary alicyclic amines) is 1. The van der Waals surface area contributed by atoms with Crippen molar-refractivity contribution in [3.63, 3.8) is 0 Å². The predicted octanol–water partition coefficient (Wildman–Crippen LogP) is 8.73. The van der Waals surface area contributed by atoms with Gasteiger partial charge in [0.2, 0.25) is 0 Å². The number of ether oxygens (including phenoxy) is 2. The molecule has 11 heteroatoms. The predicted molar refractivity (Wildman–Crippen MR) is 217 cm³/mol. The SMILES string of the molecule is Cc1cc(C=CC(=O)O[C@@H]2CCCN(C(=O)OC(C)(C)C)C[C@H]2N(O[Si])C(=O)c2ccc(C(C)(C)C(C)C)c(C)c2C)c(O[Si])c(C)c1C(C)(C)C(C)C. The second-order valence-electron chi connectivity index (χ2n) is 17.5. The number of aryl methyl sites for hydroxylation is 1. The number of esters is 1. The van der Waals surface area contributed by atoms with E-state index in [9.17, 15) is 14.4 Å². The van der Waals surface area contributed by atoms with Crippen LogP contribution in [0.3, 0.4) is 0 Å². The van der Waals surface area contributed by atoms with Gasteiger partial charge in [-0.05, 0) is 136 Å². The molecule has 1 fully saturated rings. The number of carbonyl (C=O) groups is 3. The van der Waals surface area contributed by atoms with Crippen LogP contribution in [0.1, 0.15) is 138 Å². The molecular weight excluding hydrogens is 713 g/mol. The third kappa shape index (κ3) is 9.87. The fourth-order valence-corrected chi connectivity index (χ4v) is 7.78. The number of rotatable bonds is 11. The monoisotopic (exact) mass is 774 g/mol. The molecule has 0 N–H and O–H groups in total. The highest BCUT2D eigenvalue weighted by atomic mass is 28.2. The fraction of sp³-hybridized carbons (Fsp3) is 0.605. The maximum absolute atomic E-state index is 14.4. The van der Waals surface area contributed by atoms with Crippen LogP contribution in [-0.2, 0) is 29.6 Å². The first kappa shape index (κ1) is 45.0. The van der Waals surface area contributed by atoms with E-state index in [-0.39, 0.29) is 17.4 Å². The molecule has 0 aromatic heterocycles. The van der Waals surface area contributed by atoms with Gasteiger partial charge in [-0.1, -0.05) is 61.5 Å². The van der Waals surface area contributed by atoms with E-state index in [1.807, 2.05) is 39.0 Å². The zero-order valence-corrected chi connectivity index (χ0v) is 37.3. The lowest BCUT2D eigenvalue weighted by molar-refractivity contribution is -0.154. The number of carbonyl (C=O) groups excluding carboxylic acids is 3. The molecule has 2 amide bonds. The molecule has 1 aliphatic heterocycles. The number of benzene rings is 2. The van der Waals surface area contributed by atoms with E-state index in [4.69, 9.17) is 18.4 Å². The molecule has 0 spiro atoms. The van der Waals surface area contributed by atoms with Gasteiger partial charge in [-0.3, -0.25) is 4.79 Å². The molecule has 54 heavy (non-hydrogen) atoms. The van der Waals surface area contributed by atoms with Crippen LogP contribution in [0, 0.1) is 39.5 Å². The van der Waals surface area contributed by atoms with Crippen LogP contribution in [0.4, 0.5) is 4.79 Å². The van der Waals surface area contributed by atoms with Crippen molar-refractivity contribution >= 4 is 45.0 Å². The smallest absolute Gasteiger partial charge is 0.410 e. The van der Waals surface area contributed by atoms with Gasteiger partial charge >= 0.3 is 22.5 Å². The Kier molecular flexibility index (Phi) is 14.6. The molecule has 0 bridgehead atoms. The van der Waals surface area contributed by atoms with E-state index in [1.54, 1.807) is 31.7 Å². The van der Waals surface area contributed by atoms with Crippen LogP contribution in [0.2, 0.25) is 0 Å². The second-order valence-corrected chi connectivity index (χ2v) is 17.9. The summed E-state index contributed by atoms with van der Waals surface area (Å²) in [6, 6.07) is 4.97. The van der Waals surface area contributed by atoms with Gasteiger partial charge in [0.05, 0.1) is 6.54 Å². The lowest BCUT2D eigenvalue weighted by Crippen LogP contribution is -2.53. The third-order valence-electron chi connectivity index (χ3n) is 11.8. The molecule has 2 aromatic rings. The summed E-state index contributed by atoms with van der Waals surface area (Å²) in [6.07, 6.45) is 2.58. The molecule has 1 heterocycles. The van der Waals surface area contributed by atoms with Gasteiger partial charge in [-0.25, -0.2) is 14.7 Å². The van der Waals surface area contributed by atoms with Crippen LogP contribution < -0.4 is 4.43 Å². The van der Waals surface area contributed by atoms with Gasteiger partial charge in [-0.2, -0.15) is 0 Å². The van der Waals surface area contributed by atoms with Crippen molar-refractivity contribution in [3.8, 4) is 5.75 Å². The Morgan fingerprint density at radius 2 is 1.50 bits per heavy atom. The summed E-state index contributed by atoms with van der Waals surface area (Å²) < 4.78 is 23.2. The average molecular weight is 775 g/mol. The highest BCUT2D eigenvalue weighted by Crippen LogP contribution is 2.41. The summed E-state index contributed by atoms with van der Waals surface area (Å²) in [4.78, 5) is 43.0. The first-order valence-corrected chi connectivity index (χ1v) is 19.8. The van der Waals surface area contributed by atoms with E-state index in [2.05, 4.69) is 83.3 Å². The summed E-state index contributed by atoms with van der Waals surface area (Å²) in [5, 5.41) is 1.18. The number of nitrogens with zero attached hydrogens (tertiary/aromatic N) is 2. The number of hydrogen-bond donors (Lipinski definition) is 0. The zero-order chi connectivity index (χ0) is 41.1. The molecule has 1 aliphatic rings. The van der Waals surface area contributed by atoms with E-state index >= 15 is 0 Å². The first-order chi connectivity index (χ1) is 24.9. The molecule has 294 valence electrons. The normalized spacial score (nSPS) is 17.2. The molecule has 0 unspecified atom stereocenters. The van der Waals surface area contributed by atoms with Gasteiger partial charge in [0.1, 0.15) is 23.5 Å². The first-order valence-electron chi connectivity index (χ1n) is 19.0. The van der Waals surface area contributed by atoms with Crippen molar-refractivity contribution in [2.75, 3.05) is 13.1 Å². The summed E-state index contributed by atoms with van der Waals surface area (Å²) >= 11 is 0. The Balaban J connectivity index is 2.04. The summed E-state index contributed by atoms with van der Waals surface area (Å²) in [5.74, 6) is 0.332. The Hall–Kier alpha value is -3.42. The van der Waals surface area contributed by atoms with Gasteiger partial charge < -0.3 is 23.3 Å². The molecule has 9 nitrogen and oxygen atoms in total. The average Bonchev–Trinajstić information content (AvgIpc) is 3.26. The molecular formula is C43H62N2O7Si2. The van der Waals surface area contributed by atoms with Crippen LogP contribution >= 0.6 is 0 Å². The Morgan fingerprint density at radius 1 is 0.889 bits per heavy atom. The number of amides is 2. The summed E-state index contributed by atoms with van der Waals surface area (Å²) in [5.41, 5.74) is 6.49. The molecule has 3 rings (SSSR count). The second kappa shape index (κ2) is 17.6. The molecule has 2 aromatic carbocycles. The van der Waals surface area contributed by atoms with E-state index < -0.39 is 35.7 Å². The Labute approximate surface area is 331 Å². The van der Waals surface area contributed by atoms with Crippen LogP contribution in [0.5, 0.6) is 5.75 Å². The van der Waals surface area contributed by atoms with Crippen LogP contribution in [-0.4, -0.2) is 79.7 Å². The lowest BCUT2D eigenvalue weighted by Gasteiger charge is -2.37. The van der Waals surface area contributed by atoms with Gasteiger partial charge in [0.15, 0.2) is 0 Å². The molecule has 0 aliphatic carbocycles. The summed E-state index contributed by atoms with van der Waals surface area (Å²) in [7, 11) is 6.42. The Bertz CT molecular complexity index is 1730. The molecule has 2 atom stereocenters. The molecule has 6 radical (unpaired) electrons. The fourth-order valence-electron chi connectivity index (χ4n) is 7.29. The zero-order valence-electron chi connectivity index (χ0n) is 35.3. The van der Waals surface area contributed by atoms with Crippen molar-refractivity contribution in [3.05, 3.63) is 68.8 Å². The van der Waals surface area contributed by atoms with Crippen LogP contribution in [0.25, 0.3) is 6.08 Å². The van der Waals surface area contributed by atoms with Gasteiger partial charge in [0, 0.05) is 23.7 Å². The maximum Gasteiger partial charge on any atom is 0.410 e. The largest absolute Gasteiger partial charge is 0.540 e.